The maximum absolute atomic E-state index is 5.71. The molecule has 0 saturated carbocycles. The maximum atomic E-state index is 5.71. The average Bonchev–Trinajstić information content (AvgIpc) is 2.29. The second kappa shape index (κ2) is 5.64. The topological polar surface area (TPSA) is 18.5 Å². The molecule has 1 aromatic rings. The van der Waals surface area contributed by atoms with E-state index >= 15 is 0 Å². The lowest BCUT2D eigenvalue weighted by Gasteiger charge is -2.27. The lowest BCUT2D eigenvalue weighted by atomic mass is 10.2. The number of ether oxygens (including phenoxy) is 2. The molecule has 2 atom stereocenters. The Morgan fingerprint density at radius 2 is 2.13 bits per heavy atom. The van der Waals surface area contributed by atoms with E-state index in [-0.39, 0.29) is 6.29 Å². The van der Waals surface area contributed by atoms with Crippen molar-refractivity contribution < 1.29 is 9.47 Å². The highest BCUT2D eigenvalue weighted by molar-refractivity contribution is 9.09. The van der Waals surface area contributed by atoms with Gasteiger partial charge in [-0.15, -0.1) is 0 Å². The molecular weight excluding hydrogens is 256 g/mol. The lowest BCUT2D eigenvalue weighted by molar-refractivity contribution is -0.163. The zero-order valence-corrected chi connectivity index (χ0v) is 10.2. The summed E-state index contributed by atoms with van der Waals surface area (Å²) in [5, 5.41) is 0. The standard InChI is InChI=1S/C12H15BrO2/c13-11-7-4-8-14-12(11)15-9-10-5-2-1-3-6-10/h1-3,5-6,11-12H,4,7-9H2. The summed E-state index contributed by atoms with van der Waals surface area (Å²) in [6, 6.07) is 10.2. The molecule has 1 fully saturated rings. The van der Waals surface area contributed by atoms with Crippen LogP contribution < -0.4 is 0 Å². The van der Waals surface area contributed by atoms with Crippen molar-refractivity contribution in [1.29, 1.82) is 0 Å². The van der Waals surface area contributed by atoms with Gasteiger partial charge in [0.25, 0.3) is 0 Å². The van der Waals surface area contributed by atoms with E-state index in [0.717, 1.165) is 19.4 Å². The van der Waals surface area contributed by atoms with E-state index in [2.05, 4.69) is 28.1 Å². The molecule has 1 aromatic carbocycles. The van der Waals surface area contributed by atoms with E-state index in [1.54, 1.807) is 0 Å². The minimum absolute atomic E-state index is 0.0982. The van der Waals surface area contributed by atoms with E-state index in [9.17, 15) is 0 Å². The zero-order chi connectivity index (χ0) is 10.5. The molecule has 2 nitrogen and oxygen atoms in total. The Balaban J connectivity index is 1.82. The van der Waals surface area contributed by atoms with Crippen molar-refractivity contribution in [3.05, 3.63) is 35.9 Å². The second-order valence-corrected chi connectivity index (χ2v) is 4.87. The number of halogens is 1. The van der Waals surface area contributed by atoms with Crippen LogP contribution in [0.2, 0.25) is 0 Å². The van der Waals surface area contributed by atoms with Gasteiger partial charge in [0, 0.05) is 6.61 Å². The van der Waals surface area contributed by atoms with Crippen LogP contribution in [0, 0.1) is 0 Å². The van der Waals surface area contributed by atoms with Gasteiger partial charge in [-0.05, 0) is 18.4 Å². The highest BCUT2D eigenvalue weighted by Crippen LogP contribution is 2.22. The van der Waals surface area contributed by atoms with Crippen LogP contribution in [-0.2, 0) is 16.1 Å². The molecule has 1 aliphatic rings. The third-order valence-electron chi connectivity index (χ3n) is 2.46. The molecule has 0 spiro atoms. The van der Waals surface area contributed by atoms with Crippen LogP contribution in [-0.4, -0.2) is 17.7 Å². The molecule has 1 heterocycles. The van der Waals surface area contributed by atoms with Crippen molar-refractivity contribution in [2.75, 3.05) is 6.61 Å². The molecule has 0 bridgehead atoms. The van der Waals surface area contributed by atoms with Crippen molar-refractivity contribution in [3.8, 4) is 0 Å². The molecule has 1 saturated heterocycles. The summed E-state index contributed by atoms with van der Waals surface area (Å²) < 4.78 is 11.3. The van der Waals surface area contributed by atoms with Gasteiger partial charge in [-0.1, -0.05) is 46.3 Å². The first-order valence-corrected chi connectivity index (χ1v) is 6.19. The van der Waals surface area contributed by atoms with Crippen LogP contribution in [0.3, 0.4) is 0 Å². The highest BCUT2D eigenvalue weighted by atomic mass is 79.9. The molecule has 15 heavy (non-hydrogen) atoms. The maximum Gasteiger partial charge on any atom is 0.170 e. The summed E-state index contributed by atoms with van der Waals surface area (Å²) in [7, 11) is 0. The SMILES string of the molecule is BrC1CCCOC1OCc1ccccc1. The molecular formula is C12H15BrO2. The fourth-order valence-corrected chi connectivity index (χ4v) is 2.25. The average molecular weight is 271 g/mol. The summed E-state index contributed by atoms with van der Waals surface area (Å²) in [5.41, 5.74) is 1.19. The Kier molecular flexibility index (Phi) is 4.18. The number of benzene rings is 1. The van der Waals surface area contributed by atoms with Gasteiger partial charge in [-0.25, -0.2) is 0 Å². The predicted molar refractivity (Wildman–Crippen MR) is 62.9 cm³/mol. The fourth-order valence-electron chi connectivity index (χ4n) is 1.62. The monoisotopic (exact) mass is 270 g/mol. The molecule has 0 aliphatic carbocycles. The molecule has 3 heteroatoms. The van der Waals surface area contributed by atoms with Crippen molar-refractivity contribution in [2.24, 2.45) is 0 Å². The first kappa shape index (κ1) is 11.1. The van der Waals surface area contributed by atoms with Gasteiger partial charge in [0.05, 0.1) is 11.4 Å². The van der Waals surface area contributed by atoms with Gasteiger partial charge in [0.2, 0.25) is 0 Å². The van der Waals surface area contributed by atoms with Crippen molar-refractivity contribution in [2.45, 2.75) is 30.6 Å². The Hall–Kier alpha value is -0.380. The summed E-state index contributed by atoms with van der Waals surface area (Å²) in [4.78, 5) is 0.329. The summed E-state index contributed by atoms with van der Waals surface area (Å²) in [5.74, 6) is 0. The third-order valence-corrected chi connectivity index (χ3v) is 3.35. The van der Waals surface area contributed by atoms with Gasteiger partial charge >= 0.3 is 0 Å². The van der Waals surface area contributed by atoms with Gasteiger partial charge in [-0.2, -0.15) is 0 Å². The van der Waals surface area contributed by atoms with Gasteiger partial charge in [0.1, 0.15) is 0 Å². The summed E-state index contributed by atoms with van der Waals surface area (Å²) >= 11 is 3.58. The lowest BCUT2D eigenvalue weighted by Crippen LogP contribution is -2.32. The molecule has 82 valence electrons. The van der Waals surface area contributed by atoms with E-state index < -0.39 is 0 Å². The Morgan fingerprint density at radius 1 is 1.33 bits per heavy atom. The van der Waals surface area contributed by atoms with Crippen LogP contribution >= 0.6 is 15.9 Å². The van der Waals surface area contributed by atoms with Crippen molar-refractivity contribution in [3.63, 3.8) is 0 Å². The Labute approximate surface area is 98.7 Å². The van der Waals surface area contributed by atoms with Crippen molar-refractivity contribution in [1.82, 2.24) is 0 Å². The summed E-state index contributed by atoms with van der Waals surface area (Å²) in [6.45, 7) is 1.43. The smallest absolute Gasteiger partial charge is 0.170 e. The van der Waals surface area contributed by atoms with Gasteiger partial charge < -0.3 is 9.47 Å². The fraction of sp³-hybridized carbons (Fsp3) is 0.500. The molecule has 1 aliphatic heterocycles. The van der Waals surface area contributed by atoms with Crippen LogP contribution in [0.15, 0.2) is 30.3 Å². The first-order chi connectivity index (χ1) is 7.36. The Bertz CT molecular complexity index is 289. The van der Waals surface area contributed by atoms with Crippen LogP contribution in [0.1, 0.15) is 18.4 Å². The first-order valence-electron chi connectivity index (χ1n) is 5.27. The molecule has 0 radical (unpaired) electrons. The summed E-state index contributed by atoms with van der Waals surface area (Å²) in [6.07, 6.45) is 2.14. The van der Waals surface area contributed by atoms with Crippen LogP contribution in [0.5, 0.6) is 0 Å². The van der Waals surface area contributed by atoms with Gasteiger partial charge in [0.15, 0.2) is 6.29 Å². The second-order valence-electron chi connectivity index (χ2n) is 3.69. The number of rotatable bonds is 3. The molecule has 0 amide bonds. The van der Waals surface area contributed by atoms with Crippen molar-refractivity contribution >= 4 is 15.9 Å². The normalized spacial score (nSPS) is 26.5. The number of hydrogen-bond acceptors (Lipinski definition) is 2. The van der Waals surface area contributed by atoms with E-state index in [4.69, 9.17) is 9.47 Å². The number of hydrogen-bond donors (Lipinski definition) is 0. The van der Waals surface area contributed by atoms with Crippen LogP contribution in [0.4, 0.5) is 0 Å². The largest absolute Gasteiger partial charge is 0.351 e. The predicted octanol–water partition coefficient (Wildman–Crippen LogP) is 3.10. The molecule has 2 rings (SSSR count). The highest BCUT2D eigenvalue weighted by Gasteiger charge is 2.23. The minimum Gasteiger partial charge on any atom is -0.351 e. The van der Waals surface area contributed by atoms with E-state index in [1.165, 1.54) is 5.56 Å². The molecule has 2 unspecified atom stereocenters. The quantitative estimate of drug-likeness (QED) is 0.786. The third kappa shape index (κ3) is 3.30. The molecule has 0 N–H and O–H groups in total. The zero-order valence-electron chi connectivity index (χ0n) is 8.56. The van der Waals surface area contributed by atoms with E-state index in [1.807, 2.05) is 18.2 Å². The van der Waals surface area contributed by atoms with E-state index in [0.29, 0.717) is 11.4 Å². The Morgan fingerprint density at radius 3 is 2.87 bits per heavy atom. The number of alkyl halides is 1. The molecule has 0 aromatic heterocycles. The van der Waals surface area contributed by atoms with Gasteiger partial charge in [-0.3, -0.25) is 0 Å². The van der Waals surface area contributed by atoms with Crippen LogP contribution in [0.25, 0.3) is 0 Å². The minimum atomic E-state index is -0.0982.